The second-order valence-corrected chi connectivity index (χ2v) is 5.68. The summed E-state index contributed by atoms with van der Waals surface area (Å²) >= 11 is 0. The topological polar surface area (TPSA) is 75.4 Å². The molecule has 0 saturated carbocycles. The monoisotopic (exact) mass is 311 g/mol. The average Bonchev–Trinajstić information content (AvgIpc) is 2.79. The van der Waals surface area contributed by atoms with Gasteiger partial charge < -0.3 is 16.0 Å². The van der Waals surface area contributed by atoms with Gasteiger partial charge in [0.2, 0.25) is 11.8 Å². The lowest BCUT2D eigenvalue weighted by Crippen LogP contribution is -2.50. The van der Waals surface area contributed by atoms with Gasteiger partial charge in [0.1, 0.15) is 23.4 Å². The standard InChI is InChI=1S/C15H19F2N3O2/c1-8(2)12(18)14(21)19-11-6-7-20(15(11)22)13-9(16)4-3-5-10(13)17/h3-5,8,11-12H,6-7,18H2,1-2H3,(H,19,21)/t11?,12-/m0/s1. The summed E-state index contributed by atoms with van der Waals surface area (Å²) < 4.78 is 27.5. The maximum absolute atomic E-state index is 13.8. The molecule has 120 valence electrons. The van der Waals surface area contributed by atoms with Gasteiger partial charge in [0.15, 0.2) is 0 Å². The van der Waals surface area contributed by atoms with E-state index < -0.39 is 35.5 Å². The van der Waals surface area contributed by atoms with Crippen molar-refractivity contribution in [2.24, 2.45) is 11.7 Å². The van der Waals surface area contributed by atoms with E-state index in [0.717, 1.165) is 17.0 Å². The van der Waals surface area contributed by atoms with Crippen LogP contribution in [0.15, 0.2) is 18.2 Å². The maximum atomic E-state index is 13.8. The Morgan fingerprint density at radius 2 is 1.95 bits per heavy atom. The SMILES string of the molecule is CC(C)[C@H](N)C(=O)NC1CCN(c2c(F)cccc2F)C1=O. The van der Waals surface area contributed by atoms with Gasteiger partial charge in [-0.2, -0.15) is 0 Å². The third-order valence-corrected chi connectivity index (χ3v) is 3.75. The van der Waals surface area contributed by atoms with E-state index in [9.17, 15) is 18.4 Å². The lowest BCUT2D eigenvalue weighted by Gasteiger charge is -2.20. The summed E-state index contributed by atoms with van der Waals surface area (Å²) in [7, 11) is 0. The number of rotatable bonds is 4. The number of para-hydroxylation sites is 1. The molecule has 0 aliphatic carbocycles. The predicted molar refractivity (Wildman–Crippen MR) is 78.1 cm³/mol. The fourth-order valence-corrected chi connectivity index (χ4v) is 2.35. The number of nitrogens with one attached hydrogen (secondary N) is 1. The summed E-state index contributed by atoms with van der Waals surface area (Å²) in [6.45, 7) is 3.72. The van der Waals surface area contributed by atoms with Gasteiger partial charge in [0.05, 0.1) is 6.04 Å². The molecule has 0 aromatic heterocycles. The normalized spacial score (nSPS) is 19.6. The Kier molecular flexibility index (Phi) is 4.75. The van der Waals surface area contributed by atoms with E-state index in [1.807, 2.05) is 0 Å². The number of nitrogens with two attached hydrogens (primary N) is 1. The van der Waals surface area contributed by atoms with Crippen molar-refractivity contribution in [1.29, 1.82) is 0 Å². The van der Waals surface area contributed by atoms with Crippen LogP contribution in [0.3, 0.4) is 0 Å². The minimum absolute atomic E-state index is 0.0726. The van der Waals surface area contributed by atoms with Crippen LogP contribution in [0.25, 0.3) is 0 Å². The van der Waals surface area contributed by atoms with Crippen LogP contribution in [0.1, 0.15) is 20.3 Å². The molecule has 2 atom stereocenters. The van der Waals surface area contributed by atoms with E-state index >= 15 is 0 Å². The zero-order valence-electron chi connectivity index (χ0n) is 12.5. The lowest BCUT2D eigenvalue weighted by atomic mass is 10.0. The van der Waals surface area contributed by atoms with Crippen LogP contribution in [0, 0.1) is 17.6 Å². The summed E-state index contributed by atoms with van der Waals surface area (Å²) in [6.07, 6.45) is 0.281. The number of amides is 2. The van der Waals surface area contributed by atoms with Crippen molar-refractivity contribution in [3.63, 3.8) is 0 Å². The van der Waals surface area contributed by atoms with Gasteiger partial charge in [-0.15, -0.1) is 0 Å². The van der Waals surface area contributed by atoms with Crippen LogP contribution in [0.4, 0.5) is 14.5 Å². The first-order valence-corrected chi connectivity index (χ1v) is 7.14. The Bertz CT molecular complexity index is 572. The molecule has 1 fully saturated rings. The number of nitrogens with zero attached hydrogens (tertiary/aromatic N) is 1. The Hall–Kier alpha value is -2.02. The Morgan fingerprint density at radius 3 is 2.50 bits per heavy atom. The number of halogens is 2. The van der Waals surface area contributed by atoms with Crippen LogP contribution in [-0.4, -0.2) is 30.4 Å². The van der Waals surface area contributed by atoms with Crippen LogP contribution < -0.4 is 16.0 Å². The van der Waals surface area contributed by atoms with Gasteiger partial charge in [0.25, 0.3) is 0 Å². The highest BCUT2D eigenvalue weighted by Crippen LogP contribution is 2.27. The van der Waals surface area contributed by atoms with Gasteiger partial charge in [-0.25, -0.2) is 8.78 Å². The summed E-state index contributed by atoms with van der Waals surface area (Å²) in [5.74, 6) is -2.66. The summed E-state index contributed by atoms with van der Waals surface area (Å²) in [6, 6.07) is 1.87. The van der Waals surface area contributed by atoms with Crippen LogP contribution in [0.2, 0.25) is 0 Å². The molecule has 0 bridgehead atoms. The molecule has 1 aliphatic heterocycles. The van der Waals surface area contributed by atoms with E-state index in [0.29, 0.717) is 0 Å². The first-order chi connectivity index (χ1) is 10.3. The number of benzene rings is 1. The van der Waals surface area contributed by atoms with E-state index in [2.05, 4.69) is 5.32 Å². The maximum Gasteiger partial charge on any atom is 0.249 e. The van der Waals surface area contributed by atoms with Crippen molar-refractivity contribution in [1.82, 2.24) is 5.32 Å². The van der Waals surface area contributed by atoms with Crippen LogP contribution in [-0.2, 0) is 9.59 Å². The molecule has 1 unspecified atom stereocenters. The summed E-state index contributed by atoms with van der Waals surface area (Å²) in [5.41, 5.74) is 5.34. The molecule has 7 heteroatoms. The zero-order valence-corrected chi connectivity index (χ0v) is 12.5. The molecular formula is C15H19F2N3O2. The molecule has 0 spiro atoms. The third kappa shape index (κ3) is 3.09. The van der Waals surface area contributed by atoms with Crippen molar-refractivity contribution in [3.05, 3.63) is 29.8 Å². The van der Waals surface area contributed by atoms with Crippen molar-refractivity contribution < 1.29 is 18.4 Å². The van der Waals surface area contributed by atoms with Gasteiger partial charge in [-0.1, -0.05) is 19.9 Å². The smallest absolute Gasteiger partial charge is 0.249 e. The number of hydrogen-bond donors (Lipinski definition) is 2. The first-order valence-electron chi connectivity index (χ1n) is 7.14. The molecule has 1 saturated heterocycles. The third-order valence-electron chi connectivity index (χ3n) is 3.75. The van der Waals surface area contributed by atoms with E-state index in [-0.39, 0.29) is 24.6 Å². The van der Waals surface area contributed by atoms with Gasteiger partial charge >= 0.3 is 0 Å². The van der Waals surface area contributed by atoms with Crippen LogP contribution in [0.5, 0.6) is 0 Å². The minimum atomic E-state index is -0.809. The molecule has 1 aromatic carbocycles. The first kappa shape index (κ1) is 16.4. The second-order valence-electron chi connectivity index (χ2n) is 5.68. The quantitative estimate of drug-likeness (QED) is 0.876. The molecular weight excluding hydrogens is 292 g/mol. The Labute approximate surface area is 127 Å². The molecule has 1 aliphatic rings. The fourth-order valence-electron chi connectivity index (χ4n) is 2.35. The van der Waals surface area contributed by atoms with E-state index in [4.69, 9.17) is 5.73 Å². The number of hydrogen-bond acceptors (Lipinski definition) is 3. The highest BCUT2D eigenvalue weighted by molar-refractivity contribution is 6.01. The molecule has 3 N–H and O–H groups in total. The molecule has 2 rings (SSSR count). The zero-order chi connectivity index (χ0) is 16.4. The number of anilines is 1. The van der Waals surface area contributed by atoms with Gasteiger partial charge in [-0.3, -0.25) is 9.59 Å². The van der Waals surface area contributed by atoms with Crippen LogP contribution >= 0.6 is 0 Å². The van der Waals surface area contributed by atoms with E-state index in [1.54, 1.807) is 13.8 Å². The number of carbonyl (C=O) groups excluding carboxylic acids is 2. The predicted octanol–water partition coefficient (Wildman–Crippen LogP) is 1.17. The molecule has 22 heavy (non-hydrogen) atoms. The van der Waals surface area contributed by atoms with E-state index in [1.165, 1.54) is 6.07 Å². The Balaban J connectivity index is 2.12. The Morgan fingerprint density at radius 1 is 1.36 bits per heavy atom. The fraction of sp³-hybridized carbons (Fsp3) is 0.467. The van der Waals surface area contributed by atoms with Crippen molar-refractivity contribution in [2.45, 2.75) is 32.4 Å². The molecule has 1 aromatic rings. The van der Waals surface area contributed by atoms with Crippen molar-refractivity contribution in [3.8, 4) is 0 Å². The summed E-state index contributed by atoms with van der Waals surface area (Å²) in [5, 5.41) is 2.55. The largest absolute Gasteiger partial charge is 0.343 e. The second kappa shape index (κ2) is 6.39. The minimum Gasteiger partial charge on any atom is -0.343 e. The number of carbonyl (C=O) groups is 2. The molecule has 1 heterocycles. The molecule has 2 amide bonds. The highest BCUT2D eigenvalue weighted by Gasteiger charge is 2.37. The van der Waals surface area contributed by atoms with Gasteiger partial charge in [0, 0.05) is 6.54 Å². The summed E-state index contributed by atoms with van der Waals surface area (Å²) in [4.78, 5) is 25.2. The highest BCUT2D eigenvalue weighted by atomic mass is 19.1. The van der Waals surface area contributed by atoms with Gasteiger partial charge in [-0.05, 0) is 24.5 Å². The van der Waals surface area contributed by atoms with Crippen molar-refractivity contribution in [2.75, 3.05) is 11.4 Å². The lowest BCUT2D eigenvalue weighted by molar-refractivity contribution is -0.127. The average molecular weight is 311 g/mol. The van der Waals surface area contributed by atoms with Crippen molar-refractivity contribution >= 4 is 17.5 Å². The molecule has 0 radical (unpaired) electrons. The molecule has 5 nitrogen and oxygen atoms in total.